The summed E-state index contributed by atoms with van der Waals surface area (Å²) in [5.41, 5.74) is 0.913. The topological polar surface area (TPSA) is 40.6 Å². The molecule has 0 bridgehead atoms. The van der Waals surface area contributed by atoms with Crippen molar-refractivity contribution in [1.29, 1.82) is 0 Å². The predicted octanol–water partition coefficient (Wildman–Crippen LogP) is 2.46. The smallest absolute Gasteiger partial charge is 0.244 e. The number of sulfonamides is 1. The van der Waals surface area contributed by atoms with Crippen LogP contribution in [0.5, 0.6) is 0 Å². The molecule has 0 saturated carbocycles. The molecule has 1 fully saturated rings. The van der Waals surface area contributed by atoms with E-state index in [2.05, 4.69) is 36.8 Å². The second-order valence-corrected chi connectivity index (χ2v) is 8.35. The van der Waals surface area contributed by atoms with E-state index in [4.69, 9.17) is 0 Å². The molecular formula is C12H16Br2N2O2S. The second-order valence-electron chi connectivity index (χ2n) is 4.74. The number of halogens is 2. The Balaban J connectivity index is 2.37. The first-order valence-electron chi connectivity index (χ1n) is 5.96. The van der Waals surface area contributed by atoms with Crippen molar-refractivity contribution in [3.63, 3.8) is 0 Å². The number of benzene rings is 1. The van der Waals surface area contributed by atoms with E-state index in [9.17, 15) is 8.42 Å². The largest absolute Gasteiger partial charge is 0.304 e. The van der Waals surface area contributed by atoms with Crippen LogP contribution in [-0.4, -0.2) is 50.8 Å². The monoisotopic (exact) mass is 410 g/mol. The van der Waals surface area contributed by atoms with Crippen molar-refractivity contribution in [1.82, 2.24) is 9.21 Å². The Hall–Kier alpha value is 0.0500. The Bertz CT molecular complexity index is 582. The molecule has 0 unspecified atom stereocenters. The minimum Gasteiger partial charge on any atom is -0.304 e. The Morgan fingerprint density at radius 2 is 1.63 bits per heavy atom. The third-order valence-corrected chi connectivity index (χ3v) is 7.00. The molecule has 0 atom stereocenters. The van der Waals surface area contributed by atoms with Gasteiger partial charge in [-0.05, 0) is 47.6 Å². The summed E-state index contributed by atoms with van der Waals surface area (Å²) in [6.45, 7) is 4.51. The highest BCUT2D eigenvalue weighted by atomic mass is 79.9. The normalized spacial score (nSPS) is 18.7. The standard InChI is InChI=1S/C12H16Br2N2O2S/c1-9-7-12(11(14)8-10(9)13)19(17,18)16-5-3-15(2)4-6-16/h7-8H,3-6H2,1-2H3. The molecule has 19 heavy (non-hydrogen) atoms. The number of piperazine rings is 1. The van der Waals surface area contributed by atoms with Gasteiger partial charge in [-0.3, -0.25) is 0 Å². The van der Waals surface area contributed by atoms with Gasteiger partial charge >= 0.3 is 0 Å². The van der Waals surface area contributed by atoms with Crippen molar-refractivity contribution < 1.29 is 8.42 Å². The van der Waals surface area contributed by atoms with E-state index in [1.54, 1.807) is 16.4 Å². The van der Waals surface area contributed by atoms with E-state index in [1.807, 2.05) is 14.0 Å². The predicted molar refractivity (Wildman–Crippen MR) is 82.8 cm³/mol. The van der Waals surface area contributed by atoms with E-state index < -0.39 is 10.0 Å². The highest BCUT2D eigenvalue weighted by Crippen LogP contribution is 2.31. The summed E-state index contributed by atoms with van der Waals surface area (Å²) in [7, 11) is -1.41. The highest BCUT2D eigenvalue weighted by Gasteiger charge is 2.29. The molecule has 1 aromatic rings. The summed E-state index contributed by atoms with van der Waals surface area (Å²) in [6.07, 6.45) is 0. The SMILES string of the molecule is Cc1cc(S(=O)(=O)N2CCN(C)CC2)c(Br)cc1Br. The van der Waals surface area contributed by atoms with Gasteiger partial charge < -0.3 is 4.90 Å². The van der Waals surface area contributed by atoms with Crippen LogP contribution >= 0.6 is 31.9 Å². The van der Waals surface area contributed by atoms with Crippen molar-refractivity contribution in [2.75, 3.05) is 33.2 Å². The lowest BCUT2D eigenvalue weighted by Crippen LogP contribution is -2.47. The van der Waals surface area contributed by atoms with Crippen LogP contribution in [-0.2, 0) is 10.0 Å². The molecule has 0 aliphatic carbocycles. The summed E-state index contributed by atoms with van der Waals surface area (Å²) in [5, 5.41) is 0. The molecule has 0 amide bonds. The van der Waals surface area contributed by atoms with Crippen molar-refractivity contribution in [3.8, 4) is 0 Å². The first-order chi connectivity index (χ1) is 8.82. The first kappa shape index (κ1) is 15.4. The molecule has 1 heterocycles. The van der Waals surface area contributed by atoms with Crippen LogP contribution in [0, 0.1) is 6.92 Å². The number of hydrogen-bond acceptors (Lipinski definition) is 3. The molecule has 0 N–H and O–H groups in total. The number of likely N-dealkylation sites (N-methyl/N-ethyl adjacent to an activating group) is 1. The van der Waals surface area contributed by atoms with E-state index in [-0.39, 0.29) is 0 Å². The molecule has 1 aromatic carbocycles. The lowest BCUT2D eigenvalue weighted by molar-refractivity contribution is 0.222. The third-order valence-electron chi connectivity index (χ3n) is 3.29. The highest BCUT2D eigenvalue weighted by molar-refractivity contribution is 9.11. The number of rotatable bonds is 2. The van der Waals surface area contributed by atoms with Crippen LogP contribution in [0.2, 0.25) is 0 Å². The van der Waals surface area contributed by atoms with E-state index in [0.29, 0.717) is 22.5 Å². The lowest BCUT2D eigenvalue weighted by atomic mass is 10.2. The van der Waals surface area contributed by atoms with E-state index in [0.717, 1.165) is 23.1 Å². The summed E-state index contributed by atoms with van der Waals surface area (Å²) in [4.78, 5) is 2.48. The maximum atomic E-state index is 12.6. The lowest BCUT2D eigenvalue weighted by Gasteiger charge is -2.31. The van der Waals surface area contributed by atoms with Crippen molar-refractivity contribution >= 4 is 41.9 Å². The second kappa shape index (κ2) is 5.81. The molecule has 106 valence electrons. The third kappa shape index (κ3) is 3.21. The molecule has 0 aromatic heterocycles. The number of nitrogens with zero attached hydrogens (tertiary/aromatic N) is 2. The van der Waals surface area contributed by atoms with Crippen LogP contribution in [0.1, 0.15) is 5.56 Å². The van der Waals surface area contributed by atoms with E-state index >= 15 is 0 Å². The minimum atomic E-state index is -3.42. The summed E-state index contributed by atoms with van der Waals surface area (Å²) < 4.78 is 28.3. The van der Waals surface area contributed by atoms with Crippen molar-refractivity contribution in [3.05, 3.63) is 26.6 Å². The van der Waals surface area contributed by atoms with Gasteiger partial charge in [-0.2, -0.15) is 4.31 Å². The van der Waals surface area contributed by atoms with Gasteiger partial charge in [0.25, 0.3) is 0 Å². The summed E-state index contributed by atoms with van der Waals surface area (Å²) in [5.74, 6) is 0. The average molecular weight is 412 g/mol. The number of hydrogen-bond donors (Lipinski definition) is 0. The van der Waals surface area contributed by atoms with Gasteiger partial charge in [0.1, 0.15) is 0 Å². The van der Waals surface area contributed by atoms with E-state index in [1.165, 1.54) is 0 Å². The van der Waals surface area contributed by atoms with Crippen LogP contribution in [0.15, 0.2) is 26.0 Å². The van der Waals surface area contributed by atoms with Crippen molar-refractivity contribution in [2.24, 2.45) is 0 Å². The van der Waals surface area contributed by atoms with Gasteiger partial charge in [-0.1, -0.05) is 15.9 Å². The zero-order chi connectivity index (χ0) is 14.2. The molecule has 1 aliphatic rings. The summed E-state index contributed by atoms with van der Waals surface area (Å²) >= 11 is 6.76. The van der Waals surface area contributed by atoms with Gasteiger partial charge in [0.2, 0.25) is 10.0 Å². The minimum absolute atomic E-state index is 0.345. The first-order valence-corrected chi connectivity index (χ1v) is 8.99. The Kier molecular flexibility index (Phi) is 4.72. The van der Waals surface area contributed by atoms with Crippen LogP contribution in [0.3, 0.4) is 0 Å². The zero-order valence-electron chi connectivity index (χ0n) is 10.9. The van der Waals surface area contributed by atoms with Gasteiger partial charge in [0.05, 0.1) is 4.90 Å². The fraction of sp³-hybridized carbons (Fsp3) is 0.500. The van der Waals surface area contributed by atoms with Gasteiger partial charge in [0.15, 0.2) is 0 Å². The van der Waals surface area contributed by atoms with Crippen LogP contribution < -0.4 is 0 Å². The quantitative estimate of drug-likeness (QED) is 0.750. The molecule has 0 radical (unpaired) electrons. The molecule has 1 aliphatic heterocycles. The molecule has 0 spiro atoms. The molecule has 1 saturated heterocycles. The maximum absolute atomic E-state index is 12.6. The Labute approximate surface area is 131 Å². The van der Waals surface area contributed by atoms with Gasteiger partial charge in [-0.15, -0.1) is 0 Å². The fourth-order valence-corrected chi connectivity index (χ4v) is 5.16. The average Bonchev–Trinajstić information content (AvgIpc) is 2.34. The fourth-order valence-electron chi connectivity index (χ4n) is 2.00. The molecular weight excluding hydrogens is 396 g/mol. The Morgan fingerprint density at radius 1 is 1.05 bits per heavy atom. The number of aryl methyl sites for hydroxylation is 1. The Morgan fingerprint density at radius 3 is 2.21 bits per heavy atom. The molecule has 4 nitrogen and oxygen atoms in total. The van der Waals surface area contributed by atoms with Crippen LogP contribution in [0.25, 0.3) is 0 Å². The van der Waals surface area contributed by atoms with Crippen LogP contribution in [0.4, 0.5) is 0 Å². The maximum Gasteiger partial charge on any atom is 0.244 e. The van der Waals surface area contributed by atoms with Crippen molar-refractivity contribution in [2.45, 2.75) is 11.8 Å². The molecule has 7 heteroatoms. The zero-order valence-corrected chi connectivity index (χ0v) is 14.8. The van der Waals surface area contributed by atoms with Gasteiger partial charge in [-0.25, -0.2) is 8.42 Å². The molecule has 2 rings (SSSR count). The van der Waals surface area contributed by atoms with Gasteiger partial charge in [0, 0.05) is 35.1 Å². The summed E-state index contributed by atoms with van der Waals surface area (Å²) in [6, 6.07) is 3.50.